The molecule has 0 bridgehead atoms. The quantitative estimate of drug-likeness (QED) is 0.0945. The lowest BCUT2D eigenvalue weighted by atomic mass is 9.95. The number of rotatable bonds is 16. The van der Waals surface area contributed by atoms with E-state index in [-0.39, 0.29) is 18.0 Å². The van der Waals surface area contributed by atoms with Crippen molar-refractivity contribution in [3.8, 4) is 5.75 Å². The molecule has 1 heterocycles. The minimum atomic E-state index is -0.356. The van der Waals surface area contributed by atoms with Gasteiger partial charge in [0.1, 0.15) is 12.4 Å². The van der Waals surface area contributed by atoms with Crippen LogP contribution in [0, 0.1) is 0 Å². The first kappa shape index (κ1) is 33.9. The summed E-state index contributed by atoms with van der Waals surface area (Å²) in [6.45, 7) is 3.09. The summed E-state index contributed by atoms with van der Waals surface area (Å²) in [6, 6.07) is 33.3. The van der Waals surface area contributed by atoms with E-state index in [1.165, 1.54) is 25.3 Å². The second-order valence-electron chi connectivity index (χ2n) is 12.0. The number of hydrogen-bond acceptors (Lipinski definition) is 7. The van der Waals surface area contributed by atoms with E-state index in [1.807, 2.05) is 30.3 Å². The number of unbranched alkanes of at least 4 members (excludes halogenated alkanes) is 1. The van der Waals surface area contributed by atoms with Gasteiger partial charge in [-0.1, -0.05) is 78.9 Å². The van der Waals surface area contributed by atoms with Gasteiger partial charge >= 0.3 is 11.9 Å². The molecule has 246 valence electrons. The molecule has 1 aliphatic heterocycles. The van der Waals surface area contributed by atoms with Crippen LogP contribution in [-0.2, 0) is 51.5 Å². The molecule has 7 nitrogen and oxygen atoms in total. The number of methoxy groups -OCH3 is 2. The molecule has 0 aliphatic carbocycles. The molecule has 4 aromatic rings. The number of para-hydroxylation sites is 1. The molecule has 0 radical (unpaired) electrons. The fraction of sp³-hybridized carbons (Fsp3) is 0.350. The van der Waals surface area contributed by atoms with Crippen LogP contribution in [0.4, 0.5) is 0 Å². The highest BCUT2D eigenvalue weighted by molar-refractivity contribution is 5.89. The van der Waals surface area contributed by atoms with Crippen molar-refractivity contribution in [2.24, 2.45) is 0 Å². The third-order valence-electron chi connectivity index (χ3n) is 8.80. The Balaban J connectivity index is 1.23. The largest absolute Gasteiger partial charge is 0.489 e. The summed E-state index contributed by atoms with van der Waals surface area (Å²) in [4.78, 5) is 26.3. The maximum atomic E-state index is 12.2. The molecular formula is C40H45NO6. The van der Waals surface area contributed by atoms with Crippen molar-refractivity contribution in [3.63, 3.8) is 0 Å². The summed E-state index contributed by atoms with van der Waals surface area (Å²) in [6.07, 6.45) is 4.82. The number of nitrogens with zero attached hydrogens (tertiary/aromatic N) is 1. The van der Waals surface area contributed by atoms with E-state index in [2.05, 4.69) is 71.6 Å². The minimum Gasteiger partial charge on any atom is -0.489 e. The molecule has 7 heteroatoms. The molecule has 0 N–H and O–H groups in total. The summed E-state index contributed by atoms with van der Waals surface area (Å²) in [5, 5.41) is 0. The molecular weight excluding hydrogens is 590 g/mol. The van der Waals surface area contributed by atoms with Gasteiger partial charge < -0.3 is 18.9 Å². The number of fused-ring (bicyclic) bond motifs is 1. The van der Waals surface area contributed by atoms with Crippen LogP contribution in [0.15, 0.2) is 97.1 Å². The Bertz CT molecular complexity index is 1590. The Kier molecular flexibility index (Phi) is 12.6. The average molecular weight is 636 g/mol. The maximum Gasteiger partial charge on any atom is 0.337 e. The van der Waals surface area contributed by atoms with Gasteiger partial charge in [-0.3, -0.25) is 9.69 Å². The van der Waals surface area contributed by atoms with E-state index in [4.69, 9.17) is 18.9 Å². The highest BCUT2D eigenvalue weighted by atomic mass is 16.5. The topological polar surface area (TPSA) is 74.3 Å². The molecule has 5 rings (SSSR count). The molecule has 0 saturated carbocycles. The van der Waals surface area contributed by atoms with Gasteiger partial charge in [-0.2, -0.15) is 0 Å². The molecule has 1 aliphatic rings. The zero-order valence-corrected chi connectivity index (χ0v) is 27.5. The zero-order chi connectivity index (χ0) is 32.8. The third kappa shape index (κ3) is 9.77. The SMILES string of the molecule is COC(=O)CCCCN(CCc1ccccc1OCc1ccc(CCc2ccccc2)cc1)C1COCc2cc(C(=O)OC)ccc21. The highest BCUT2D eigenvalue weighted by Gasteiger charge is 2.27. The number of carbonyl (C=O) groups is 2. The van der Waals surface area contributed by atoms with Gasteiger partial charge in [0.05, 0.1) is 39.0 Å². The Morgan fingerprint density at radius 2 is 1.49 bits per heavy atom. The van der Waals surface area contributed by atoms with Gasteiger partial charge in [-0.25, -0.2) is 4.79 Å². The summed E-state index contributed by atoms with van der Waals surface area (Å²) in [5.41, 5.74) is 7.63. The Morgan fingerprint density at radius 3 is 2.26 bits per heavy atom. The number of aryl methyl sites for hydroxylation is 2. The van der Waals surface area contributed by atoms with Crippen molar-refractivity contribution in [1.29, 1.82) is 0 Å². The van der Waals surface area contributed by atoms with Crippen LogP contribution >= 0.6 is 0 Å². The van der Waals surface area contributed by atoms with Crippen LogP contribution in [0.2, 0.25) is 0 Å². The smallest absolute Gasteiger partial charge is 0.337 e. The second kappa shape index (κ2) is 17.5. The lowest BCUT2D eigenvalue weighted by Crippen LogP contribution is -2.37. The number of ether oxygens (including phenoxy) is 4. The van der Waals surface area contributed by atoms with Crippen LogP contribution in [0.25, 0.3) is 0 Å². The molecule has 0 amide bonds. The average Bonchev–Trinajstić information content (AvgIpc) is 3.13. The van der Waals surface area contributed by atoms with Gasteiger partial charge in [0, 0.05) is 13.0 Å². The molecule has 0 spiro atoms. The lowest BCUT2D eigenvalue weighted by Gasteiger charge is -2.36. The summed E-state index contributed by atoms with van der Waals surface area (Å²) in [5.74, 6) is 0.339. The minimum absolute atomic E-state index is 0.0251. The van der Waals surface area contributed by atoms with Crippen molar-refractivity contribution in [1.82, 2.24) is 4.90 Å². The van der Waals surface area contributed by atoms with Gasteiger partial charge in [0.15, 0.2) is 0 Å². The van der Waals surface area contributed by atoms with E-state index in [1.54, 1.807) is 0 Å². The molecule has 0 fully saturated rings. The van der Waals surface area contributed by atoms with Crippen molar-refractivity contribution >= 4 is 11.9 Å². The first-order valence-electron chi connectivity index (χ1n) is 16.5. The predicted octanol–water partition coefficient (Wildman–Crippen LogP) is 7.30. The van der Waals surface area contributed by atoms with E-state index < -0.39 is 0 Å². The van der Waals surface area contributed by atoms with E-state index in [9.17, 15) is 9.59 Å². The molecule has 47 heavy (non-hydrogen) atoms. The molecule has 0 saturated heterocycles. The predicted molar refractivity (Wildman–Crippen MR) is 182 cm³/mol. The van der Waals surface area contributed by atoms with E-state index in [0.29, 0.717) is 31.8 Å². The van der Waals surface area contributed by atoms with Crippen LogP contribution in [0.1, 0.15) is 69.0 Å². The zero-order valence-electron chi connectivity index (χ0n) is 27.5. The van der Waals surface area contributed by atoms with Crippen LogP contribution in [-0.4, -0.2) is 50.8 Å². The standard InChI is InChI=1S/C40H45NO6/c1-44-39(42)14-8-9-24-41(37-29-46-28-35-26-34(40(43)45-2)21-22-36(35)37)25-23-33-12-6-7-13-38(33)47-27-32-19-17-31(18-20-32)16-15-30-10-4-3-5-11-30/h3-7,10-13,17-22,26,37H,8-9,14-16,23-25,27-29H2,1-2H3. The fourth-order valence-electron chi connectivity index (χ4n) is 6.09. The monoisotopic (exact) mass is 635 g/mol. The molecule has 0 aromatic heterocycles. The summed E-state index contributed by atoms with van der Waals surface area (Å²) >= 11 is 0. The van der Waals surface area contributed by atoms with Crippen LogP contribution in [0.3, 0.4) is 0 Å². The van der Waals surface area contributed by atoms with Crippen molar-refractivity contribution < 1.29 is 28.5 Å². The van der Waals surface area contributed by atoms with Gasteiger partial charge in [0.25, 0.3) is 0 Å². The van der Waals surface area contributed by atoms with Gasteiger partial charge in [0.2, 0.25) is 0 Å². The van der Waals surface area contributed by atoms with Crippen molar-refractivity contribution in [2.45, 2.75) is 57.8 Å². The Labute approximate surface area is 278 Å². The van der Waals surface area contributed by atoms with Gasteiger partial charge in [-0.05, 0) is 90.2 Å². The van der Waals surface area contributed by atoms with Gasteiger partial charge in [-0.15, -0.1) is 0 Å². The first-order valence-corrected chi connectivity index (χ1v) is 16.5. The van der Waals surface area contributed by atoms with Crippen LogP contribution < -0.4 is 4.74 Å². The molecule has 1 atom stereocenters. The lowest BCUT2D eigenvalue weighted by molar-refractivity contribution is -0.140. The third-order valence-corrected chi connectivity index (χ3v) is 8.80. The summed E-state index contributed by atoms with van der Waals surface area (Å²) in [7, 11) is 2.82. The van der Waals surface area contributed by atoms with E-state index in [0.717, 1.165) is 73.2 Å². The Morgan fingerprint density at radius 1 is 0.766 bits per heavy atom. The summed E-state index contributed by atoms with van der Waals surface area (Å²) < 4.78 is 22.2. The first-order chi connectivity index (χ1) is 23.0. The molecule has 1 unspecified atom stereocenters. The number of hydrogen-bond donors (Lipinski definition) is 0. The van der Waals surface area contributed by atoms with Crippen LogP contribution in [0.5, 0.6) is 5.75 Å². The maximum absolute atomic E-state index is 12.2. The Hall–Kier alpha value is -4.46. The highest BCUT2D eigenvalue weighted by Crippen LogP contribution is 2.32. The normalized spacial score (nSPS) is 14.0. The van der Waals surface area contributed by atoms with Crippen molar-refractivity contribution in [3.05, 3.63) is 136 Å². The van der Waals surface area contributed by atoms with Crippen molar-refractivity contribution in [2.75, 3.05) is 33.9 Å². The number of carbonyl (C=O) groups excluding carboxylic acids is 2. The molecule has 4 aromatic carbocycles. The number of benzene rings is 4. The second-order valence-corrected chi connectivity index (χ2v) is 12.0. The fourth-order valence-corrected chi connectivity index (χ4v) is 6.09. The number of esters is 2. The van der Waals surface area contributed by atoms with E-state index >= 15 is 0 Å².